The number of piperidine rings is 1. The van der Waals surface area contributed by atoms with Crippen molar-refractivity contribution < 1.29 is 9.53 Å². The van der Waals surface area contributed by atoms with Crippen molar-refractivity contribution in [1.29, 1.82) is 0 Å². The van der Waals surface area contributed by atoms with Crippen molar-refractivity contribution in [2.45, 2.75) is 50.7 Å². The number of nitrogens with one attached hydrogen (secondary N) is 1. The lowest BCUT2D eigenvalue weighted by atomic mass is 9.97. The number of amides is 1. The minimum Gasteiger partial charge on any atom is -0.379 e. The van der Waals surface area contributed by atoms with Gasteiger partial charge in [-0.25, -0.2) is 0 Å². The van der Waals surface area contributed by atoms with E-state index in [0.717, 1.165) is 45.6 Å². The Morgan fingerprint density at radius 1 is 1.56 bits per heavy atom. The SMILES string of the molecule is CC(CC1COCCN1)N1CCCCC1C(N)=O. The van der Waals surface area contributed by atoms with Gasteiger partial charge in [0.05, 0.1) is 19.3 Å². The van der Waals surface area contributed by atoms with Gasteiger partial charge in [-0.3, -0.25) is 9.69 Å². The number of nitrogens with two attached hydrogens (primary N) is 1. The smallest absolute Gasteiger partial charge is 0.234 e. The number of morpholine rings is 1. The molecule has 2 aliphatic rings. The zero-order valence-corrected chi connectivity index (χ0v) is 11.2. The van der Waals surface area contributed by atoms with Crippen LogP contribution in [0.5, 0.6) is 0 Å². The summed E-state index contributed by atoms with van der Waals surface area (Å²) < 4.78 is 5.47. The molecule has 0 aromatic rings. The van der Waals surface area contributed by atoms with Crippen molar-refractivity contribution in [3.05, 3.63) is 0 Å². The molecular formula is C13H25N3O2. The number of carbonyl (C=O) groups excluding carboxylic acids is 1. The first-order valence-corrected chi connectivity index (χ1v) is 7.04. The molecular weight excluding hydrogens is 230 g/mol. The third-order valence-electron chi connectivity index (χ3n) is 4.06. The summed E-state index contributed by atoms with van der Waals surface area (Å²) in [4.78, 5) is 13.8. The summed E-state index contributed by atoms with van der Waals surface area (Å²) in [6.45, 7) is 5.69. The molecule has 0 bridgehead atoms. The van der Waals surface area contributed by atoms with Crippen molar-refractivity contribution in [2.24, 2.45) is 5.73 Å². The molecule has 3 N–H and O–H groups in total. The number of likely N-dealkylation sites (tertiary alicyclic amines) is 1. The second-order valence-electron chi connectivity index (χ2n) is 5.46. The normalized spacial score (nSPS) is 32.1. The number of hydrogen-bond acceptors (Lipinski definition) is 4. The predicted octanol–water partition coefficient (Wildman–Crippen LogP) is 0.0932. The molecule has 0 radical (unpaired) electrons. The van der Waals surface area contributed by atoms with Crippen LogP contribution >= 0.6 is 0 Å². The lowest BCUT2D eigenvalue weighted by Gasteiger charge is -2.40. The van der Waals surface area contributed by atoms with E-state index >= 15 is 0 Å². The first kappa shape index (κ1) is 13.8. The Balaban J connectivity index is 1.88. The number of carbonyl (C=O) groups is 1. The highest BCUT2D eigenvalue weighted by Gasteiger charge is 2.31. The molecule has 0 aliphatic carbocycles. The Bertz CT molecular complexity index is 279. The van der Waals surface area contributed by atoms with Crippen LogP contribution in [0.1, 0.15) is 32.6 Å². The maximum Gasteiger partial charge on any atom is 0.234 e. The highest BCUT2D eigenvalue weighted by molar-refractivity contribution is 5.79. The summed E-state index contributed by atoms with van der Waals surface area (Å²) >= 11 is 0. The lowest BCUT2D eigenvalue weighted by Crippen LogP contribution is -2.53. The summed E-state index contributed by atoms with van der Waals surface area (Å²) in [5.74, 6) is -0.172. The predicted molar refractivity (Wildman–Crippen MR) is 70.2 cm³/mol. The zero-order chi connectivity index (χ0) is 13.0. The number of ether oxygens (including phenoxy) is 1. The van der Waals surface area contributed by atoms with Gasteiger partial charge in [-0.2, -0.15) is 0 Å². The summed E-state index contributed by atoms with van der Waals surface area (Å²) in [6, 6.07) is 0.712. The molecule has 5 heteroatoms. The van der Waals surface area contributed by atoms with Crippen molar-refractivity contribution in [1.82, 2.24) is 10.2 Å². The van der Waals surface area contributed by atoms with Crippen LogP contribution < -0.4 is 11.1 Å². The van der Waals surface area contributed by atoms with Gasteiger partial charge in [0.1, 0.15) is 0 Å². The van der Waals surface area contributed by atoms with Crippen LogP contribution in [0, 0.1) is 0 Å². The molecule has 2 fully saturated rings. The van der Waals surface area contributed by atoms with Gasteiger partial charge in [-0.05, 0) is 32.7 Å². The van der Waals surface area contributed by atoms with Gasteiger partial charge in [0, 0.05) is 18.6 Å². The first-order chi connectivity index (χ1) is 8.68. The zero-order valence-electron chi connectivity index (χ0n) is 11.2. The van der Waals surface area contributed by atoms with Gasteiger partial charge in [0.15, 0.2) is 0 Å². The van der Waals surface area contributed by atoms with Gasteiger partial charge in [-0.15, -0.1) is 0 Å². The molecule has 18 heavy (non-hydrogen) atoms. The van der Waals surface area contributed by atoms with Gasteiger partial charge in [0.25, 0.3) is 0 Å². The fraction of sp³-hybridized carbons (Fsp3) is 0.923. The quantitative estimate of drug-likeness (QED) is 0.747. The van der Waals surface area contributed by atoms with Crippen molar-refractivity contribution in [3.63, 3.8) is 0 Å². The molecule has 5 nitrogen and oxygen atoms in total. The highest BCUT2D eigenvalue weighted by atomic mass is 16.5. The van der Waals surface area contributed by atoms with Gasteiger partial charge < -0.3 is 15.8 Å². The number of nitrogens with zero attached hydrogens (tertiary/aromatic N) is 1. The van der Waals surface area contributed by atoms with Crippen LogP contribution in [-0.2, 0) is 9.53 Å². The average molecular weight is 255 g/mol. The third kappa shape index (κ3) is 3.43. The van der Waals surface area contributed by atoms with Crippen LogP contribution in [-0.4, -0.2) is 55.2 Å². The van der Waals surface area contributed by atoms with Crippen molar-refractivity contribution >= 4 is 5.91 Å². The molecule has 2 heterocycles. The number of hydrogen-bond donors (Lipinski definition) is 2. The van der Waals surface area contributed by atoms with E-state index in [9.17, 15) is 4.79 Å². The minimum absolute atomic E-state index is 0.0711. The largest absolute Gasteiger partial charge is 0.379 e. The molecule has 3 unspecified atom stereocenters. The minimum atomic E-state index is -0.172. The summed E-state index contributed by atoms with van der Waals surface area (Å²) in [5.41, 5.74) is 5.51. The van der Waals surface area contributed by atoms with Crippen molar-refractivity contribution in [3.8, 4) is 0 Å². The molecule has 0 saturated carbocycles. The van der Waals surface area contributed by atoms with Crippen LogP contribution in [0.15, 0.2) is 0 Å². The van der Waals surface area contributed by atoms with Crippen molar-refractivity contribution in [2.75, 3.05) is 26.3 Å². The van der Waals surface area contributed by atoms with E-state index in [4.69, 9.17) is 10.5 Å². The van der Waals surface area contributed by atoms with Crippen LogP contribution in [0.25, 0.3) is 0 Å². The maximum atomic E-state index is 11.5. The molecule has 1 amide bonds. The van der Waals surface area contributed by atoms with Gasteiger partial charge >= 0.3 is 0 Å². The molecule has 0 aromatic carbocycles. The van der Waals surface area contributed by atoms with Crippen LogP contribution in [0.4, 0.5) is 0 Å². The Morgan fingerprint density at radius 2 is 2.39 bits per heavy atom. The van der Waals surface area contributed by atoms with E-state index in [1.807, 2.05) is 0 Å². The molecule has 0 spiro atoms. The second-order valence-corrected chi connectivity index (χ2v) is 5.46. The van der Waals surface area contributed by atoms with E-state index in [-0.39, 0.29) is 11.9 Å². The maximum absolute atomic E-state index is 11.5. The fourth-order valence-electron chi connectivity index (χ4n) is 3.11. The van der Waals surface area contributed by atoms with Gasteiger partial charge in [0.2, 0.25) is 5.91 Å². The molecule has 2 aliphatic heterocycles. The average Bonchev–Trinajstić information content (AvgIpc) is 2.40. The third-order valence-corrected chi connectivity index (χ3v) is 4.06. The highest BCUT2D eigenvalue weighted by Crippen LogP contribution is 2.21. The van der Waals surface area contributed by atoms with Gasteiger partial charge in [-0.1, -0.05) is 6.42 Å². The summed E-state index contributed by atoms with van der Waals surface area (Å²) in [7, 11) is 0. The first-order valence-electron chi connectivity index (χ1n) is 7.04. The van der Waals surface area contributed by atoms with E-state index in [2.05, 4.69) is 17.1 Å². The number of rotatable bonds is 4. The van der Waals surface area contributed by atoms with E-state index in [1.165, 1.54) is 6.42 Å². The van der Waals surface area contributed by atoms with Crippen LogP contribution in [0.2, 0.25) is 0 Å². The standard InChI is InChI=1S/C13H25N3O2/c1-10(8-11-9-18-7-5-15-11)16-6-3-2-4-12(16)13(14)17/h10-12,15H,2-9H2,1H3,(H2,14,17). The fourth-order valence-corrected chi connectivity index (χ4v) is 3.11. The number of primary amides is 1. The Kier molecular flexibility index (Phi) is 4.97. The Labute approximate surface area is 109 Å². The molecule has 2 rings (SSSR count). The molecule has 2 saturated heterocycles. The summed E-state index contributed by atoms with van der Waals surface area (Å²) in [5, 5.41) is 3.47. The second kappa shape index (κ2) is 6.50. The molecule has 104 valence electrons. The monoisotopic (exact) mass is 255 g/mol. The molecule has 0 aromatic heterocycles. The van der Waals surface area contributed by atoms with E-state index < -0.39 is 0 Å². The summed E-state index contributed by atoms with van der Waals surface area (Å²) in [6.07, 6.45) is 4.21. The molecule has 3 atom stereocenters. The lowest BCUT2D eigenvalue weighted by molar-refractivity contribution is -0.125. The van der Waals surface area contributed by atoms with E-state index in [1.54, 1.807) is 0 Å². The van der Waals surface area contributed by atoms with E-state index in [0.29, 0.717) is 12.1 Å². The Hall–Kier alpha value is -0.650. The topological polar surface area (TPSA) is 67.6 Å². The van der Waals surface area contributed by atoms with Crippen LogP contribution in [0.3, 0.4) is 0 Å². The Morgan fingerprint density at radius 3 is 3.06 bits per heavy atom.